The van der Waals surface area contributed by atoms with E-state index in [0.29, 0.717) is 5.56 Å². The first-order valence-electron chi connectivity index (χ1n) is 9.03. The molecule has 0 bridgehead atoms. The lowest BCUT2D eigenvalue weighted by Crippen LogP contribution is -2.11. The average molecular weight is 383 g/mol. The number of hydrogen-bond acceptors (Lipinski definition) is 3. The maximum absolute atomic E-state index is 13.3. The predicted octanol–water partition coefficient (Wildman–Crippen LogP) is 6.22. The highest BCUT2D eigenvalue weighted by Gasteiger charge is 2.21. The predicted molar refractivity (Wildman–Crippen MR) is 115 cm³/mol. The summed E-state index contributed by atoms with van der Waals surface area (Å²) in [5.41, 5.74) is 3.69. The highest BCUT2D eigenvalue weighted by atomic mass is 32.1. The van der Waals surface area contributed by atoms with Gasteiger partial charge < -0.3 is 4.74 Å². The second kappa shape index (κ2) is 6.66. The first-order valence-corrected chi connectivity index (χ1v) is 9.90. The van der Waals surface area contributed by atoms with Crippen molar-refractivity contribution in [2.75, 3.05) is 7.11 Å². The second-order valence-electron chi connectivity index (χ2n) is 6.58. The number of ether oxygens (including phenoxy) is 1. The van der Waals surface area contributed by atoms with Gasteiger partial charge >= 0.3 is 0 Å². The number of para-hydroxylation sites is 1. The van der Waals surface area contributed by atoms with Gasteiger partial charge in [-0.1, -0.05) is 36.4 Å². The fourth-order valence-corrected chi connectivity index (χ4v) is 4.72. The number of benzene rings is 3. The third kappa shape index (κ3) is 2.53. The van der Waals surface area contributed by atoms with Crippen molar-refractivity contribution >= 4 is 39.0 Å². The van der Waals surface area contributed by atoms with E-state index in [1.807, 2.05) is 65.2 Å². The molecule has 0 aliphatic heterocycles. The molecular formula is C24H17NO2S. The summed E-state index contributed by atoms with van der Waals surface area (Å²) in [5.74, 6) is 0.823. The number of carbonyl (C=O) groups excluding carboxylic acids is 1. The van der Waals surface area contributed by atoms with Gasteiger partial charge in [0.1, 0.15) is 5.75 Å². The van der Waals surface area contributed by atoms with Crippen LogP contribution in [0.25, 0.3) is 32.2 Å². The zero-order valence-corrected chi connectivity index (χ0v) is 16.1. The number of thiophene rings is 1. The Bertz CT molecular complexity index is 1300. The SMILES string of the molecule is COc1ccc(-c2scc3c2c2ccccc2n3C(=O)c2ccccc2)cc1. The molecule has 0 saturated carbocycles. The molecule has 3 aromatic carbocycles. The number of nitrogens with zero attached hydrogens (tertiary/aromatic N) is 1. The minimum Gasteiger partial charge on any atom is -0.497 e. The van der Waals surface area contributed by atoms with Gasteiger partial charge in [0, 0.05) is 26.6 Å². The lowest BCUT2D eigenvalue weighted by atomic mass is 10.1. The summed E-state index contributed by atoms with van der Waals surface area (Å²) in [6.45, 7) is 0. The molecule has 0 spiro atoms. The molecule has 0 aliphatic rings. The molecule has 5 rings (SSSR count). The maximum Gasteiger partial charge on any atom is 0.262 e. The number of hydrogen-bond donors (Lipinski definition) is 0. The van der Waals surface area contributed by atoms with E-state index in [1.165, 1.54) is 0 Å². The Hall–Kier alpha value is -3.37. The van der Waals surface area contributed by atoms with Crippen LogP contribution < -0.4 is 4.74 Å². The van der Waals surface area contributed by atoms with E-state index >= 15 is 0 Å². The van der Waals surface area contributed by atoms with Crippen LogP contribution in [0.1, 0.15) is 10.4 Å². The van der Waals surface area contributed by atoms with Gasteiger partial charge in [-0.3, -0.25) is 9.36 Å². The Kier molecular flexibility index (Phi) is 3.99. The Morgan fingerprint density at radius 1 is 0.857 bits per heavy atom. The van der Waals surface area contributed by atoms with Gasteiger partial charge in [0.15, 0.2) is 0 Å². The van der Waals surface area contributed by atoms with Crippen LogP contribution in [-0.4, -0.2) is 17.6 Å². The molecule has 28 heavy (non-hydrogen) atoms. The van der Waals surface area contributed by atoms with Gasteiger partial charge in [0.2, 0.25) is 0 Å². The molecule has 0 atom stereocenters. The largest absolute Gasteiger partial charge is 0.497 e. The fourth-order valence-electron chi connectivity index (χ4n) is 3.67. The highest BCUT2D eigenvalue weighted by molar-refractivity contribution is 7.15. The van der Waals surface area contributed by atoms with Crippen molar-refractivity contribution < 1.29 is 9.53 Å². The summed E-state index contributed by atoms with van der Waals surface area (Å²) >= 11 is 1.66. The Morgan fingerprint density at radius 3 is 2.32 bits per heavy atom. The normalized spacial score (nSPS) is 11.2. The van der Waals surface area contributed by atoms with Crippen LogP contribution in [-0.2, 0) is 0 Å². The maximum atomic E-state index is 13.3. The van der Waals surface area contributed by atoms with E-state index in [-0.39, 0.29) is 5.91 Å². The molecule has 136 valence electrons. The Balaban J connectivity index is 1.78. The zero-order valence-electron chi connectivity index (χ0n) is 15.3. The van der Waals surface area contributed by atoms with Gasteiger partial charge in [-0.05, 0) is 48.0 Å². The fraction of sp³-hybridized carbons (Fsp3) is 0.0417. The molecule has 4 heteroatoms. The molecule has 0 N–H and O–H groups in total. The summed E-state index contributed by atoms with van der Waals surface area (Å²) in [4.78, 5) is 14.5. The average Bonchev–Trinajstić information content (AvgIpc) is 3.32. The lowest BCUT2D eigenvalue weighted by molar-refractivity contribution is 0.0969. The van der Waals surface area contributed by atoms with Crippen LogP contribution in [0.3, 0.4) is 0 Å². The minimum atomic E-state index is -0.00844. The van der Waals surface area contributed by atoms with Crippen LogP contribution in [0, 0.1) is 0 Å². The van der Waals surface area contributed by atoms with Crippen molar-refractivity contribution in [2.45, 2.75) is 0 Å². The third-order valence-corrected chi connectivity index (χ3v) is 6.02. The van der Waals surface area contributed by atoms with Crippen molar-refractivity contribution in [1.29, 1.82) is 0 Å². The summed E-state index contributed by atoms with van der Waals surface area (Å²) in [6, 6.07) is 25.6. The summed E-state index contributed by atoms with van der Waals surface area (Å²) in [5, 5.41) is 4.29. The smallest absolute Gasteiger partial charge is 0.262 e. The number of rotatable bonds is 3. The van der Waals surface area contributed by atoms with Gasteiger partial charge in [-0.2, -0.15) is 0 Å². The highest BCUT2D eigenvalue weighted by Crippen LogP contribution is 2.41. The summed E-state index contributed by atoms with van der Waals surface area (Å²) in [6.07, 6.45) is 0. The first-order chi connectivity index (χ1) is 13.8. The number of aromatic nitrogens is 1. The van der Waals surface area contributed by atoms with Crippen molar-refractivity contribution in [3.05, 3.63) is 89.8 Å². The molecule has 3 nitrogen and oxygen atoms in total. The molecule has 0 aliphatic carbocycles. The van der Waals surface area contributed by atoms with Crippen molar-refractivity contribution in [1.82, 2.24) is 4.57 Å². The molecule has 0 fully saturated rings. The lowest BCUT2D eigenvalue weighted by Gasteiger charge is -2.05. The topological polar surface area (TPSA) is 31.2 Å². The molecule has 0 unspecified atom stereocenters. The van der Waals surface area contributed by atoms with E-state index in [2.05, 4.69) is 23.6 Å². The summed E-state index contributed by atoms with van der Waals surface area (Å²) < 4.78 is 7.12. The van der Waals surface area contributed by atoms with E-state index < -0.39 is 0 Å². The van der Waals surface area contributed by atoms with Crippen LogP contribution in [0.15, 0.2) is 84.2 Å². The molecule has 0 saturated heterocycles. The molecule has 2 aromatic heterocycles. The van der Waals surface area contributed by atoms with E-state index in [1.54, 1.807) is 18.4 Å². The molecule has 2 heterocycles. The Labute approximate surface area is 166 Å². The molecule has 0 amide bonds. The van der Waals surface area contributed by atoms with Crippen molar-refractivity contribution in [3.8, 4) is 16.2 Å². The Morgan fingerprint density at radius 2 is 1.57 bits per heavy atom. The minimum absolute atomic E-state index is 0.00844. The van der Waals surface area contributed by atoms with Gasteiger partial charge in [-0.25, -0.2) is 0 Å². The van der Waals surface area contributed by atoms with Crippen LogP contribution in [0.2, 0.25) is 0 Å². The standard InChI is InChI=1S/C24H17NO2S/c1-27-18-13-11-16(12-14-18)23-22-19-9-5-6-10-20(19)25(21(22)15-28-23)24(26)17-7-3-2-4-8-17/h2-15H,1H3. The van der Waals surface area contributed by atoms with Gasteiger partial charge in [0.05, 0.1) is 18.1 Å². The van der Waals surface area contributed by atoms with E-state index in [4.69, 9.17) is 4.74 Å². The van der Waals surface area contributed by atoms with Crippen molar-refractivity contribution in [2.24, 2.45) is 0 Å². The second-order valence-corrected chi connectivity index (χ2v) is 7.46. The first kappa shape index (κ1) is 16.8. The third-order valence-electron chi connectivity index (χ3n) is 5.00. The van der Waals surface area contributed by atoms with E-state index in [9.17, 15) is 4.79 Å². The van der Waals surface area contributed by atoms with Crippen LogP contribution >= 0.6 is 11.3 Å². The van der Waals surface area contributed by atoms with Gasteiger partial charge in [-0.15, -0.1) is 11.3 Å². The molecule has 0 radical (unpaired) electrons. The van der Waals surface area contributed by atoms with Crippen molar-refractivity contribution in [3.63, 3.8) is 0 Å². The molecular weight excluding hydrogens is 366 g/mol. The number of fused-ring (bicyclic) bond motifs is 3. The molecule has 5 aromatic rings. The summed E-state index contributed by atoms with van der Waals surface area (Å²) in [7, 11) is 1.67. The number of carbonyl (C=O) groups is 1. The van der Waals surface area contributed by atoms with E-state index in [0.717, 1.165) is 38.0 Å². The van der Waals surface area contributed by atoms with Gasteiger partial charge in [0.25, 0.3) is 5.91 Å². The zero-order chi connectivity index (χ0) is 19.1. The number of methoxy groups -OCH3 is 1. The van der Waals surface area contributed by atoms with Crippen LogP contribution in [0.4, 0.5) is 0 Å². The van der Waals surface area contributed by atoms with Crippen LogP contribution in [0.5, 0.6) is 5.75 Å². The monoisotopic (exact) mass is 383 g/mol. The quantitative estimate of drug-likeness (QED) is 0.370.